The van der Waals surface area contributed by atoms with Crippen molar-refractivity contribution in [3.8, 4) is 0 Å². The monoisotopic (exact) mass is 226 g/mol. The third kappa shape index (κ3) is 3.78. The van der Waals surface area contributed by atoms with Crippen molar-refractivity contribution in [3.05, 3.63) is 0 Å². The van der Waals surface area contributed by atoms with E-state index in [0.29, 0.717) is 18.4 Å². The first-order valence-corrected chi connectivity index (χ1v) is 6.40. The third-order valence-electron chi connectivity index (χ3n) is 3.48. The zero-order valence-electron chi connectivity index (χ0n) is 11.0. The summed E-state index contributed by atoms with van der Waals surface area (Å²) in [6.07, 6.45) is 3.35. The number of nitrogens with one attached hydrogen (secondary N) is 1. The van der Waals surface area contributed by atoms with Crippen molar-refractivity contribution < 1.29 is 4.79 Å². The number of nitrogens with two attached hydrogens (primary N) is 1. The van der Waals surface area contributed by atoms with E-state index < -0.39 is 0 Å². The average molecular weight is 226 g/mol. The van der Waals surface area contributed by atoms with Gasteiger partial charge in [-0.3, -0.25) is 4.79 Å². The molecule has 3 N–H and O–H groups in total. The van der Waals surface area contributed by atoms with Crippen molar-refractivity contribution >= 4 is 5.91 Å². The largest absolute Gasteiger partial charge is 0.349 e. The first-order valence-electron chi connectivity index (χ1n) is 6.40. The van der Waals surface area contributed by atoms with Crippen LogP contribution < -0.4 is 11.1 Å². The predicted octanol–water partition coefficient (Wildman–Crippen LogP) is 1.91. The van der Waals surface area contributed by atoms with E-state index in [1.54, 1.807) is 0 Å². The summed E-state index contributed by atoms with van der Waals surface area (Å²) in [7, 11) is 0. The fourth-order valence-electron chi connectivity index (χ4n) is 2.31. The lowest BCUT2D eigenvalue weighted by Crippen LogP contribution is -2.53. The van der Waals surface area contributed by atoms with Gasteiger partial charge in [-0.1, -0.05) is 20.8 Å². The number of hydrogen-bond acceptors (Lipinski definition) is 2. The summed E-state index contributed by atoms with van der Waals surface area (Å²) in [5.41, 5.74) is 5.54. The maximum atomic E-state index is 12.0. The van der Waals surface area contributed by atoms with E-state index in [4.69, 9.17) is 5.73 Å². The number of hydrogen-bond donors (Lipinski definition) is 2. The fraction of sp³-hybridized carbons (Fsp3) is 0.923. The van der Waals surface area contributed by atoms with Gasteiger partial charge in [0.2, 0.25) is 5.91 Å². The van der Waals surface area contributed by atoms with Crippen LogP contribution in [0.15, 0.2) is 0 Å². The highest BCUT2D eigenvalue weighted by Crippen LogP contribution is 2.36. The van der Waals surface area contributed by atoms with E-state index in [-0.39, 0.29) is 17.4 Å². The molecule has 0 aromatic rings. The van der Waals surface area contributed by atoms with E-state index in [1.807, 2.05) is 13.8 Å². The Morgan fingerprint density at radius 1 is 1.44 bits per heavy atom. The molecule has 0 heterocycles. The Bertz CT molecular complexity index is 248. The molecule has 1 saturated carbocycles. The molecule has 0 aromatic carbocycles. The minimum absolute atomic E-state index is 0.151. The molecule has 0 radical (unpaired) electrons. The average Bonchev–Trinajstić information content (AvgIpc) is 2.98. The molecule has 0 aromatic heterocycles. The van der Waals surface area contributed by atoms with Gasteiger partial charge in [0.05, 0.1) is 0 Å². The molecule has 1 rings (SSSR count). The van der Waals surface area contributed by atoms with Crippen LogP contribution in [-0.4, -0.2) is 18.0 Å². The van der Waals surface area contributed by atoms with Gasteiger partial charge >= 0.3 is 0 Å². The maximum absolute atomic E-state index is 12.0. The van der Waals surface area contributed by atoms with Crippen molar-refractivity contribution in [2.75, 3.05) is 6.54 Å². The molecule has 1 aliphatic carbocycles. The minimum Gasteiger partial charge on any atom is -0.349 e. The van der Waals surface area contributed by atoms with Crippen molar-refractivity contribution in [1.29, 1.82) is 0 Å². The van der Waals surface area contributed by atoms with Crippen LogP contribution in [0, 0.1) is 17.8 Å². The fourth-order valence-corrected chi connectivity index (χ4v) is 2.31. The standard InChI is InChI=1S/C13H26N2O/c1-9(2)7-13(4,8-14)15-12(16)10(3)11-5-6-11/h9-11H,5-8,14H2,1-4H3,(H,15,16). The Morgan fingerprint density at radius 2 is 2.00 bits per heavy atom. The molecule has 0 bridgehead atoms. The number of carbonyl (C=O) groups excluding carboxylic acids is 1. The lowest BCUT2D eigenvalue weighted by molar-refractivity contribution is -0.127. The molecular formula is C13H26N2O. The Labute approximate surface area is 99.2 Å². The van der Waals surface area contributed by atoms with Crippen LogP contribution in [-0.2, 0) is 4.79 Å². The molecular weight excluding hydrogens is 200 g/mol. The van der Waals surface area contributed by atoms with Crippen LogP contribution in [0.1, 0.15) is 47.0 Å². The van der Waals surface area contributed by atoms with Crippen LogP contribution in [0.4, 0.5) is 0 Å². The molecule has 0 aliphatic heterocycles. The summed E-state index contributed by atoms with van der Waals surface area (Å²) in [5, 5.41) is 3.13. The molecule has 0 spiro atoms. The van der Waals surface area contributed by atoms with Gasteiger partial charge in [-0.05, 0) is 38.0 Å². The summed E-state index contributed by atoms with van der Waals surface area (Å²) in [5.74, 6) is 1.49. The normalized spacial score (nSPS) is 21.6. The van der Waals surface area contributed by atoms with E-state index in [2.05, 4.69) is 19.2 Å². The minimum atomic E-state index is -0.242. The van der Waals surface area contributed by atoms with Gasteiger partial charge in [0, 0.05) is 18.0 Å². The summed E-state index contributed by atoms with van der Waals surface area (Å²) in [6.45, 7) is 8.90. The summed E-state index contributed by atoms with van der Waals surface area (Å²) >= 11 is 0. The molecule has 1 aliphatic rings. The highest BCUT2D eigenvalue weighted by Gasteiger charge is 2.35. The number of carbonyl (C=O) groups is 1. The molecule has 16 heavy (non-hydrogen) atoms. The second-order valence-electron chi connectivity index (χ2n) is 5.98. The second kappa shape index (κ2) is 5.17. The predicted molar refractivity (Wildman–Crippen MR) is 66.9 cm³/mol. The topological polar surface area (TPSA) is 55.1 Å². The molecule has 1 amide bonds. The van der Waals surface area contributed by atoms with Crippen molar-refractivity contribution in [1.82, 2.24) is 5.32 Å². The van der Waals surface area contributed by atoms with Gasteiger partial charge in [-0.25, -0.2) is 0 Å². The molecule has 2 unspecified atom stereocenters. The summed E-state index contributed by atoms with van der Waals surface area (Å²) in [6, 6.07) is 0. The van der Waals surface area contributed by atoms with Gasteiger partial charge < -0.3 is 11.1 Å². The van der Waals surface area contributed by atoms with E-state index in [9.17, 15) is 4.79 Å². The number of amides is 1. The summed E-state index contributed by atoms with van der Waals surface area (Å²) < 4.78 is 0. The van der Waals surface area contributed by atoms with Crippen molar-refractivity contribution in [2.24, 2.45) is 23.5 Å². The highest BCUT2D eigenvalue weighted by atomic mass is 16.2. The van der Waals surface area contributed by atoms with E-state index >= 15 is 0 Å². The highest BCUT2D eigenvalue weighted by molar-refractivity contribution is 5.79. The van der Waals surface area contributed by atoms with Crippen LogP contribution >= 0.6 is 0 Å². The molecule has 1 fully saturated rings. The van der Waals surface area contributed by atoms with Crippen LogP contribution in [0.3, 0.4) is 0 Å². The van der Waals surface area contributed by atoms with Gasteiger partial charge in [-0.15, -0.1) is 0 Å². The third-order valence-corrected chi connectivity index (χ3v) is 3.48. The zero-order valence-corrected chi connectivity index (χ0v) is 11.0. The Hall–Kier alpha value is -0.570. The van der Waals surface area contributed by atoms with Crippen molar-refractivity contribution in [3.63, 3.8) is 0 Å². The van der Waals surface area contributed by atoms with E-state index in [1.165, 1.54) is 12.8 Å². The van der Waals surface area contributed by atoms with Gasteiger partial charge in [0.15, 0.2) is 0 Å². The second-order valence-corrected chi connectivity index (χ2v) is 5.98. The molecule has 3 heteroatoms. The van der Waals surface area contributed by atoms with Crippen LogP contribution in [0.2, 0.25) is 0 Å². The first-order chi connectivity index (χ1) is 7.38. The smallest absolute Gasteiger partial charge is 0.223 e. The quantitative estimate of drug-likeness (QED) is 0.727. The van der Waals surface area contributed by atoms with Crippen molar-refractivity contribution in [2.45, 2.75) is 52.5 Å². The Balaban J connectivity index is 2.50. The Morgan fingerprint density at radius 3 is 2.38 bits per heavy atom. The molecule has 2 atom stereocenters. The van der Waals surface area contributed by atoms with Gasteiger partial charge in [0.25, 0.3) is 0 Å². The zero-order chi connectivity index (χ0) is 12.3. The van der Waals surface area contributed by atoms with Crippen LogP contribution in [0.5, 0.6) is 0 Å². The number of rotatable bonds is 6. The Kier molecular flexibility index (Phi) is 4.36. The summed E-state index contributed by atoms with van der Waals surface area (Å²) in [4.78, 5) is 12.0. The van der Waals surface area contributed by atoms with Gasteiger partial charge in [0.1, 0.15) is 0 Å². The molecule has 0 saturated heterocycles. The van der Waals surface area contributed by atoms with Crippen LogP contribution in [0.25, 0.3) is 0 Å². The lowest BCUT2D eigenvalue weighted by atomic mass is 9.89. The van der Waals surface area contributed by atoms with E-state index in [0.717, 1.165) is 6.42 Å². The lowest BCUT2D eigenvalue weighted by Gasteiger charge is -2.32. The first kappa shape index (κ1) is 13.5. The van der Waals surface area contributed by atoms with Gasteiger partial charge in [-0.2, -0.15) is 0 Å². The molecule has 3 nitrogen and oxygen atoms in total. The molecule has 94 valence electrons. The SMILES string of the molecule is CC(C)CC(C)(CN)NC(=O)C(C)C1CC1. The maximum Gasteiger partial charge on any atom is 0.223 e.